The molecule has 0 bridgehead atoms. The third-order valence-electron chi connectivity index (χ3n) is 3.57. The van der Waals surface area contributed by atoms with Gasteiger partial charge in [0.1, 0.15) is 5.82 Å². The molecule has 2 rings (SSSR count). The summed E-state index contributed by atoms with van der Waals surface area (Å²) in [7, 11) is -2.96. The Morgan fingerprint density at radius 2 is 1.85 bits per heavy atom. The van der Waals surface area contributed by atoms with Crippen molar-refractivity contribution < 1.29 is 16.7 Å². The number of aliphatic imine (C=N–C) groups is 1. The van der Waals surface area contributed by atoms with Gasteiger partial charge in [0.25, 0.3) is 0 Å². The standard InChI is InChI=1S/C18H19F2N3O2S/c1-22-9-8-17(21)16-12-14(13-2-5-15(19)6-3-13)4-7-18(16)23-10-11-26(20,24)25/h2-9,12,23H,10-11,21H2,1H3/b17-8-,22-9?. The SMILES string of the molecule is CN=C/C=C(\N)c1cc(-c2ccc(F)cc2)ccc1NCCS(=O)(=O)F. The van der Waals surface area contributed by atoms with Gasteiger partial charge in [-0.15, -0.1) is 3.89 Å². The lowest BCUT2D eigenvalue weighted by Gasteiger charge is -2.14. The molecule has 0 atom stereocenters. The highest BCUT2D eigenvalue weighted by atomic mass is 32.3. The zero-order chi connectivity index (χ0) is 19.2. The molecule has 2 aromatic rings. The number of nitrogens with two attached hydrogens (primary N) is 1. The van der Waals surface area contributed by atoms with Gasteiger partial charge >= 0.3 is 10.2 Å². The number of nitrogens with one attached hydrogen (secondary N) is 1. The Morgan fingerprint density at radius 1 is 1.19 bits per heavy atom. The molecule has 0 amide bonds. The molecular weight excluding hydrogens is 360 g/mol. The van der Waals surface area contributed by atoms with Gasteiger partial charge in [-0.2, -0.15) is 8.42 Å². The first-order chi connectivity index (χ1) is 12.3. The largest absolute Gasteiger partial charge is 0.398 e. The van der Waals surface area contributed by atoms with Crippen molar-refractivity contribution in [3.63, 3.8) is 0 Å². The van der Waals surface area contributed by atoms with Gasteiger partial charge in [-0.05, 0) is 41.5 Å². The monoisotopic (exact) mass is 379 g/mol. The molecule has 0 unspecified atom stereocenters. The second-order valence-electron chi connectivity index (χ2n) is 5.47. The molecule has 0 heterocycles. The highest BCUT2D eigenvalue weighted by molar-refractivity contribution is 7.86. The fourth-order valence-corrected chi connectivity index (χ4v) is 2.66. The summed E-state index contributed by atoms with van der Waals surface area (Å²) >= 11 is 0. The molecular formula is C18H19F2N3O2S. The minimum atomic E-state index is -4.56. The molecule has 0 fully saturated rings. The average molecular weight is 379 g/mol. The summed E-state index contributed by atoms with van der Waals surface area (Å²) in [5.74, 6) is -0.982. The number of hydrogen-bond donors (Lipinski definition) is 2. The van der Waals surface area contributed by atoms with Gasteiger partial charge in [-0.3, -0.25) is 4.99 Å². The lowest BCUT2D eigenvalue weighted by molar-refractivity contribution is 0.552. The zero-order valence-corrected chi connectivity index (χ0v) is 14.9. The molecule has 138 valence electrons. The van der Waals surface area contributed by atoms with Crippen molar-refractivity contribution in [3.8, 4) is 11.1 Å². The first-order valence-electron chi connectivity index (χ1n) is 7.74. The number of halogens is 2. The molecule has 0 spiro atoms. The van der Waals surface area contributed by atoms with E-state index in [2.05, 4.69) is 10.3 Å². The molecule has 0 aliphatic rings. The Morgan fingerprint density at radius 3 is 2.46 bits per heavy atom. The van der Waals surface area contributed by atoms with Gasteiger partial charge in [0.15, 0.2) is 0 Å². The predicted octanol–water partition coefficient (Wildman–Crippen LogP) is 3.20. The summed E-state index contributed by atoms with van der Waals surface area (Å²) in [6.45, 7) is -0.100. The summed E-state index contributed by atoms with van der Waals surface area (Å²) in [4.78, 5) is 3.84. The molecule has 2 aromatic carbocycles. The van der Waals surface area contributed by atoms with Gasteiger partial charge in [0.05, 0.1) is 5.75 Å². The molecule has 5 nitrogen and oxygen atoms in total. The van der Waals surface area contributed by atoms with Gasteiger partial charge in [0, 0.05) is 36.8 Å². The Bertz CT molecular complexity index is 924. The maximum Gasteiger partial charge on any atom is 0.304 e. The van der Waals surface area contributed by atoms with Crippen LogP contribution in [0.3, 0.4) is 0 Å². The van der Waals surface area contributed by atoms with Crippen molar-refractivity contribution >= 4 is 27.8 Å². The molecule has 26 heavy (non-hydrogen) atoms. The third-order valence-corrected chi connectivity index (χ3v) is 4.26. The van der Waals surface area contributed by atoms with Crippen molar-refractivity contribution in [1.29, 1.82) is 0 Å². The van der Waals surface area contributed by atoms with Crippen molar-refractivity contribution in [1.82, 2.24) is 0 Å². The van der Waals surface area contributed by atoms with E-state index in [0.29, 0.717) is 16.9 Å². The predicted molar refractivity (Wildman–Crippen MR) is 102 cm³/mol. The van der Waals surface area contributed by atoms with E-state index in [1.165, 1.54) is 18.3 Å². The quantitative estimate of drug-likeness (QED) is 0.571. The van der Waals surface area contributed by atoms with Gasteiger partial charge < -0.3 is 11.1 Å². The molecule has 0 saturated carbocycles. The fourth-order valence-electron chi connectivity index (χ4n) is 2.31. The summed E-state index contributed by atoms with van der Waals surface area (Å²) in [6.07, 6.45) is 3.12. The Balaban J connectivity index is 2.39. The summed E-state index contributed by atoms with van der Waals surface area (Å²) in [5, 5.41) is 2.87. The first kappa shape index (κ1) is 19.6. The van der Waals surface area contributed by atoms with Crippen LogP contribution >= 0.6 is 0 Å². The Labute approximate surface area is 151 Å². The lowest BCUT2D eigenvalue weighted by Crippen LogP contribution is -2.13. The topological polar surface area (TPSA) is 84.5 Å². The van der Waals surface area contributed by atoms with Crippen LogP contribution in [0.2, 0.25) is 0 Å². The Hall–Kier alpha value is -2.74. The molecule has 0 aliphatic heterocycles. The number of anilines is 1. The van der Waals surface area contributed by atoms with Crippen molar-refractivity contribution in [2.45, 2.75) is 0 Å². The van der Waals surface area contributed by atoms with Crippen LogP contribution in [0, 0.1) is 5.82 Å². The second kappa shape index (κ2) is 8.57. The van der Waals surface area contributed by atoms with E-state index in [1.54, 1.807) is 43.5 Å². The second-order valence-corrected chi connectivity index (χ2v) is 6.95. The first-order valence-corrected chi connectivity index (χ1v) is 9.30. The van der Waals surface area contributed by atoms with Crippen molar-refractivity contribution in [2.24, 2.45) is 10.7 Å². The minimum absolute atomic E-state index is 0.100. The van der Waals surface area contributed by atoms with Crippen LogP contribution in [0.1, 0.15) is 5.56 Å². The van der Waals surface area contributed by atoms with Crippen LogP contribution in [0.15, 0.2) is 53.5 Å². The van der Waals surface area contributed by atoms with Crippen LogP contribution in [0.25, 0.3) is 16.8 Å². The number of nitrogens with zero attached hydrogens (tertiary/aromatic N) is 1. The number of rotatable bonds is 7. The molecule has 0 aliphatic carbocycles. The zero-order valence-electron chi connectivity index (χ0n) is 14.1. The fraction of sp³-hybridized carbons (Fsp3) is 0.167. The number of allylic oxidation sites excluding steroid dienone is 1. The maximum atomic E-state index is 13.1. The summed E-state index contributed by atoms with van der Waals surface area (Å²) in [5.41, 5.74) is 9.23. The van der Waals surface area contributed by atoms with Gasteiger partial charge in [-0.25, -0.2) is 4.39 Å². The van der Waals surface area contributed by atoms with E-state index in [-0.39, 0.29) is 12.4 Å². The van der Waals surface area contributed by atoms with Crippen LogP contribution in [-0.4, -0.2) is 34.0 Å². The maximum absolute atomic E-state index is 13.1. The average Bonchev–Trinajstić information content (AvgIpc) is 2.59. The molecule has 0 radical (unpaired) electrons. The number of hydrogen-bond acceptors (Lipinski definition) is 5. The van der Waals surface area contributed by atoms with Crippen molar-refractivity contribution in [2.75, 3.05) is 24.7 Å². The molecule has 0 saturated heterocycles. The molecule has 0 aromatic heterocycles. The highest BCUT2D eigenvalue weighted by Gasteiger charge is 2.10. The van der Waals surface area contributed by atoms with Crippen LogP contribution < -0.4 is 11.1 Å². The van der Waals surface area contributed by atoms with Crippen LogP contribution in [0.5, 0.6) is 0 Å². The summed E-state index contributed by atoms with van der Waals surface area (Å²) in [6, 6.07) is 11.3. The van der Waals surface area contributed by atoms with Gasteiger partial charge in [0.2, 0.25) is 0 Å². The van der Waals surface area contributed by atoms with Crippen LogP contribution in [0.4, 0.5) is 14.0 Å². The highest BCUT2D eigenvalue weighted by Crippen LogP contribution is 2.28. The smallest absolute Gasteiger partial charge is 0.304 e. The van der Waals surface area contributed by atoms with E-state index in [9.17, 15) is 16.7 Å². The van der Waals surface area contributed by atoms with E-state index in [0.717, 1.165) is 11.1 Å². The Kier molecular flexibility index (Phi) is 6.46. The minimum Gasteiger partial charge on any atom is -0.398 e. The van der Waals surface area contributed by atoms with E-state index in [1.807, 2.05) is 0 Å². The number of benzene rings is 2. The third kappa shape index (κ3) is 5.66. The van der Waals surface area contributed by atoms with E-state index >= 15 is 0 Å². The lowest BCUT2D eigenvalue weighted by atomic mass is 10.00. The van der Waals surface area contributed by atoms with E-state index < -0.39 is 16.0 Å². The van der Waals surface area contributed by atoms with E-state index in [4.69, 9.17) is 5.73 Å². The molecule has 3 N–H and O–H groups in total. The van der Waals surface area contributed by atoms with Crippen molar-refractivity contribution in [3.05, 3.63) is 59.9 Å². The normalized spacial score (nSPS) is 12.5. The van der Waals surface area contributed by atoms with Crippen LogP contribution in [-0.2, 0) is 10.2 Å². The molecule has 8 heteroatoms. The summed E-state index contributed by atoms with van der Waals surface area (Å²) < 4.78 is 47.1. The van der Waals surface area contributed by atoms with Gasteiger partial charge in [-0.1, -0.05) is 18.2 Å².